The lowest BCUT2D eigenvalue weighted by atomic mass is 9.83. The molecule has 1 aromatic rings. The molecule has 0 bridgehead atoms. The molecule has 2 unspecified atom stereocenters. The number of carbonyl (C=O) groups is 2. The average molecular weight is 318 g/mol. The smallest absolute Gasteiger partial charge is 0.228 e. The van der Waals surface area contributed by atoms with Gasteiger partial charge in [0.15, 0.2) is 0 Å². The monoisotopic (exact) mass is 318 g/mol. The fraction of sp³-hybridized carbons (Fsp3) is 0.529. The standard InChI is InChI=1S/C17H22N2O2S/c1-18-15(20)8-7-14(16(18)13-5-3-2-4-6-13)17(21)19-9-11-22-12-10-19/h2-6,14,16H,7-12H2,1H3. The van der Waals surface area contributed by atoms with Crippen LogP contribution >= 0.6 is 11.8 Å². The maximum absolute atomic E-state index is 13.0. The van der Waals surface area contributed by atoms with Gasteiger partial charge in [0.2, 0.25) is 11.8 Å². The van der Waals surface area contributed by atoms with Crippen LogP contribution in [0.2, 0.25) is 0 Å². The molecule has 2 aliphatic rings. The zero-order chi connectivity index (χ0) is 15.5. The number of nitrogens with zero attached hydrogens (tertiary/aromatic N) is 2. The highest BCUT2D eigenvalue weighted by atomic mass is 32.2. The van der Waals surface area contributed by atoms with Crippen LogP contribution in [0.5, 0.6) is 0 Å². The number of carbonyl (C=O) groups excluding carboxylic acids is 2. The lowest BCUT2D eigenvalue weighted by Crippen LogP contribution is -2.49. The third kappa shape index (κ3) is 3.00. The number of rotatable bonds is 2. The normalized spacial score (nSPS) is 26.1. The summed E-state index contributed by atoms with van der Waals surface area (Å²) in [6.07, 6.45) is 1.13. The van der Waals surface area contributed by atoms with E-state index in [1.807, 2.05) is 54.0 Å². The van der Waals surface area contributed by atoms with E-state index < -0.39 is 0 Å². The largest absolute Gasteiger partial charge is 0.341 e. The predicted octanol–water partition coefficient (Wildman–Crippen LogP) is 2.17. The Labute approximate surface area is 135 Å². The van der Waals surface area contributed by atoms with E-state index in [2.05, 4.69) is 0 Å². The maximum Gasteiger partial charge on any atom is 0.228 e. The highest BCUT2D eigenvalue weighted by molar-refractivity contribution is 7.99. The third-order valence-electron chi connectivity index (χ3n) is 4.64. The lowest BCUT2D eigenvalue weighted by Gasteiger charge is -2.41. The number of piperidine rings is 1. The Bertz CT molecular complexity index is 543. The number of amides is 2. The van der Waals surface area contributed by atoms with Gasteiger partial charge in [-0.1, -0.05) is 30.3 Å². The van der Waals surface area contributed by atoms with E-state index in [0.717, 1.165) is 30.2 Å². The van der Waals surface area contributed by atoms with Gasteiger partial charge in [-0.05, 0) is 12.0 Å². The Balaban J connectivity index is 1.86. The third-order valence-corrected chi connectivity index (χ3v) is 5.58. The minimum absolute atomic E-state index is 0.117. The van der Waals surface area contributed by atoms with E-state index in [1.54, 1.807) is 4.90 Å². The van der Waals surface area contributed by atoms with Crippen LogP contribution in [0.3, 0.4) is 0 Å². The summed E-state index contributed by atoms with van der Waals surface area (Å²) >= 11 is 1.90. The molecule has 0 saturated carbocycles. The van der Waals surface area contributed by atoms with Gasteiger partial charge in [-0.3, -0.25) is 9.59 Å². The van der Waals surface area contributed by atoms with Crippen molar-refractivity contribution in [2.24, 2.45) is 5.92 Å². The Morgan fingerprint density at radius 1 is 1.18 bits per heavy atom. The second-order valence-corrected chi connectivity index (χ2v) is 7.17. The quantitative estimate of drug-likeness (QED) is 0.839. The molecule has 3 rings (SSSR count). The van der Waals surface area contributed by atoms with Gasteiger partial charge in [-0.25, -0.2) is 0 Å². The molecule has 0 aromatic heterocycles. The number of thioether (sulfide) groups is 1. The van der Waals surface area contributed by atoms with Crippen molar-refractivity contribution in [3.8, 4) is 0 Å². The highest BCUT2D eigenvalue weighted by Gasteiger charge is 2.40. The summed E-state index contributed by atoms with van der Waals surface area (Å²) in [4.78, 5) is 28.8. The molecule has 2 fully saturated rings. The molecule has 2 amide bonds. The van der Waals surface area contributed by atoms with Crippen LogP contribution in [-0.4, -0.2) is 53.3 Å². The Hall–Kier alpha value is -1.49. The van der Waals surface area contributed by atoms with Gasteiger partial charge in [0.25, 0.3) is 0 Å². The van der Waals surface area contributed by atoms with Crippen molar-refractivity contribution < 1.29 is 9.59 Å². The van der Waals surface area contributed by atoms with E-state index in [-0.39, 0.29) is 23.8 Å². The van der Waals surface area contributed by atoms with Crippen molar-refractivity contribution in [3.05, 3.63) is 35.9 Å². The van der Waals surface area contributed by atoms with E-state index in [0.29, 0.717) is 12.8 Å². The molecule has 0 N–H and O–H groups in total. The van der Waals surface area contributed by atoms with Gasteiger partial charge in [0, 0.05) is 38.1 Å². The van der Waals surface area contributed by atoms with Crippen molar-refractivity contribution in [1.82, 2.24) is 9.80 Å². The highest BCUT2D eigenvalue weighted by Crippen LogP contribution is 2.37. The molecule has 22 heavy (non-hydrogen) atoms. The summed E-state index contributed by atoms with van der Waals surface area (Å²) < 4.78 is 0. The van der Waals surface area contributed by atoms with Gasteiger partial charge in [0.05, 0.1) is 12.0 Å². The summed E-state index contributed by atoms with van der Waals surface area (Å²) in [6, 6.07) is 9.82. The van der Waals surface area contributed by atoms with Crippen LogP contribution in [-0.2, 0) is 9.59 Å². The molecule has 0 radical (unpaired) electrons. The maximum atomic E-state index is 13.0. The van der Waals surface area contributed by atoms with Gasteiger partial charge < -0.3 is 9.80 Å². The predicted molar refractivity (Wildman–Crippen MR) is 88.6 cm³/mol. The summed E-state index contributed by atoms with van der Waals surface area (Å²) in [5.41, 5.74) is 1.06. The Kier molecular flexibility index (Phi) is 4.71. The number of hydrogen-bond acceptors (Lipinski definition) is 3. The van der Waals surface area contributed by atoms with Gasteiger partial charge in [0.1, 0.15) is 0 Å². The molecule has 0 aliphatic carbocycles. The van der Waals surface area contributed by atoms with Gasteiger partial charge in [-0.15, -0.1) is 0 Å². The number of hydrogen-bond donors (Lipinski definition) is 0. The SMILES string of the molecule is CN1C(=O)CCC(C(=O)N2CCSCC2)C1c1ccccc1. The van der Waals surface area contributed by atoms with Crippen molar-refractivity contribution in [1.29, 1.82) is 0 Å². The van der Waals surface area contributed by atoms with Crippen molar-refractivity contribution in [3.63, 3.8) is 0 Å². The van der Waals surface area contributed by atoms with Crippen LogP contribution in [0.15, 0.2) is 30.3 Å². The molecular formula is C17H22N2O2S. The van der Waals surface area contributed by atoms with Crippen molar-refractivity contribution in [2.45, 2.75) is 18.9 Å². The number of benzene rings is 1. The molecule has 2 aliphatic heterocycles. The topological polar surface area (TPSA) is 40.6 Å². The van der Waals surface area contributed by atoms with Crippen LogP contribution in [0.1, 0.15) is 24.4 Å². The van der Waals surface area contributed by atoms with Crippen LogP contribution < -0.4 is 0 Å². The first kappa shape index (κ1) is 15.4. The molecule has 2 saturated heterocycles. The molecular weight excluding hydrogens is 296 g/mol. The summed E-state index contributed by atoms with van der Waals surface area (Å²) in [5, 5.41) is 0. The zero-order valence-corrected chi connectivity index (χ0v) is 13.7. The second kappa shape index (κ2) is 6.73. The van der Waals surface area contributed by atoms with E-state index in [4.69, 9.17) is 0 Å². The fourth-order valence-electron chi connectivity index (χ4n) is 3.42. The first-order valence-electron chi connectivity index (χ1n) is 7.85. The van der Waals surface area contributed by atoms with Gasteiger partial charge >= 0.3 is 0 Å². The fourth-order valence-corrected chi connectivity index (χ4v) is 4.32. The summed E-state index contributed by atoms with van der Waals surface area (Å²) in [6.45, 7) is 1.67. The Morgan fingerprint density at radius 3 is 2.55 bits per heavy atom. The minimum Gasteiger partial charge on any atom is -0.341 e. The first-order chi connectivity index (χ1) is 10.7. The molecule has 1 aromatic carbocycles. The zero-order valence-electron chi connectivity index (χ0n) is 12.9. The summed E-state index contributed by atoms with van der Waals surface area (Å²) in [7, 11) is 1.82. The molecule has 2 heterocycles. The average Bonchev–Trinajstić information content (AvgIpc) is 2.58. The van der Waals surface area contributed by atoms with Crippen molar-refractivity contribution >= 4 is 23.6 Å². The molecule has 5 heteroatoms. The molecule has 118 valence electrons. The first-order valence-corrected chi connectivity index (χ1v) is 9.01. The second-order valence-electron chi connectivity index (χ2n) is 5.94. The summed E-state index contributed by atoms with van der Waals surface area (Å²) in [5.74, 6) is 2.26. The molecule has 2 atom stereocenters. The van der Waals surface area contributed by atoms with Crippen molar-refractivity contribution in [2.75, 3.05) is 31.6 Å². The van der Waals surface area contributed by atoms with Crippen LogP contribution in [0.25, 0.3) is 0 Å². The van der Waals surface area contributed by atoms with Gasteiger partial charge in [-0.2, -0.15) is 11.8 Å². The van der Waals surface area contributed by atoms with E-state index >= 15 is 0 Å². The van der Waals surface area contributed by atoms with E-state index in [1.165, 1.54) is 0 Å². The van der Waals surface area contributed by atoms with E-state index in [9.17, 15) is 9.59 Å². The number of likely N-dealkylation sites (tertiary alicyclic amines) is 1. The minimum atomic E-state index is -0.135. The molecule has 4 nitrogen and oxygen atoms in total. The van der Waals surface area contributed by atoms with Crippen LogP contribution in [0, 0.1) is 5.92 Å². The lowest BCUT2D eigenvalue weighted by molar-refractivity contribution is -0.146. The van der Waals surface area contributed by atoms with Crippen LogP contribution in [0.4, 0.5) is 0 Å². The molecule has 0 spiro atoms. The Morgan fingerprint density at radius 2 is 1.86 bits per heavy atom.